The highest BCUT2D eigenvalue weighted by Gasteiger charge is 2.18. The molecule has 0 spiro atoms. The van der Waals surface area contributed by atoms with Crippen molar-refractivity contribution < 1.29 is 4.79 Å². The van der Waals surface area contributed by atoms with Crippen LogP contribution in [0, 0.1) is 0 Å². The smallest absolute Gasteiger partial charge is 0.219 e. The minimum Gasteiger partial charge on any atom is -0.370 e. The van der Waals surface area contributed by atoms with Gasteiger partial charge in [0.05, 0.1) is 0 Å². The van der Waals surface area contributed by atoms with Gasteiger partial charge in [-0.05, 0) is 40.3 Å². The lowest BCUT2D eigenvalue weighted by Crippen LogP contribution is -2.20. The lowest BCUT2D eigenvalue weighted by molar-refractivity contribution is -0.118. The summed E-state index contributed by atoms with van der Waals surface area (Å²) < 4.78 is 0. The highest BCUT2D eigenvalue weighted by atomic mass is 16.1. The maximum absolute atomic E-state index is 11.0. The molecule has 1 unspecified atom stereocenters. The van der Waals surface area contributed by atoms with Crippen molar-refractivity contribution in [2.75, 3.05) is 0 Å². The van der Waals surface area contributed by atoms with Crippen molar-refractivity contribution in [2.24, 2.45) is 11.5 Å². The lowest BCUT2D eigenvalue weighted by Gasteiger charge is -2.14. The fourth-order valence-electron chi connectivity index (χ4n) is 2.92. The Morgan fingerprint density at radius 3 is 2.61 bits per heavy atom. The second kappa shape index (κ2) is 4.10. The molecular weight excluding hydrogens is 224 g/mol. The number of carbonyl (C=O) groups is 1. The first-order valence-corrected chi connectivity index (χ1v) is 6.24. The van der Waals surface area contributed by atoms with Gasteiger partial charge >= 0.3 is 0 Å². The summed E-state index contributed by atoms with van der Waals surface area (Å²) in [6, 6.07) is 10.2. The average Bonchev–Trinajstić information content (AvgIpc) is 2.74. The highest BCUT2D eigenvalue weighted by molar-refractivity contribution is 5.93. The van der Waals surface area contributed by atoms with Crippen LogP contribution in [0.5, 0.6) is 0 Å². The Labute approximate surface area is 106 Å². The minimum atomic E-state index is -0.356. The Morgan fingerprint density at radius 1 is 1.17 bits per heavy atom. The van der Waals surface area contributed by atoms with E-state index in [1.807, 2.05) is 6.07 Å². The minimum absolute atomic E-state index is 0.193. The second-order valence-electron chi connectivity index (χ2n) is 4.93. The van der Waals surface area contributed by atoms with Crippen LogP contribution in [0.25, 0.3) is 10.8 Å². The Bertz CT molecular complexity index is 623. The molecule has 0 aliphatic heterocycles. The summed E-state index contributed by atoms with van der Waals surface area (Å²) in [6.07, 6.45) is 2.39. The van der Waals surface area contributed by atoms with Crippen LogP contribution < -0.4 is 11.5 Å². The first-order valence-electron chi connectivity index (χ1n) is 6.24. The molecule has 2 aromatic rings. The zero-order valence-corrected chi connectivity index (χ0v) is 10.1. The van der Waals surface area contributed by atoms with E-state index in [9.17, 15) is 4.79 Å². The SMILES string of the molecule is NC(=O)CC(N)c1ccc2c3c(cccc13)CC2. The van der Waals surface area contributed by atoms with Gasteiger partial charge in [-0.2, -0.15) is 0 Å². The number of hydrogen-bond acceptors (Lipinski definition) is 2. The molecule has 2 aromatic carbocycles. The van der Waals surface area contributed by atoms with Crippen LogP contribution in [0.15, 0.2) is 30.3 Å². The summed E-state index contributed by atoms with van der Waals surface area (Å²) in [5.41, 5.74) is 15.1. The molecule has 0 bridgehead atoms. The molecule has 92 valence electrons. The first kappa shape index (κ1) is 11.2. The molecule has 0 radical (unpaired) electrons. The number of aryl methyl sites for hydroxylation is 2. The summed E-state index contributed by atoms with van der Waals surface area (Å²) in [4.78, 5) is 11.0. The predicted molar refractivity (Wildman–Crippen MR) is 72.1 cm³/mol. The Hall–Kier alpha value is -1.87. The summed E-state index contributed by atoms with van der Waals surface area (Å²) in [5, 5.41) is 2.51. The molecule has 3 rings (SSSR count). The third-order valence-corrected chi connectivity index (χ3v) is 3.73. The van der Waals surface area contributed by atoms with Gasteiger partial charge in [0, 0.05) is 12.5 Å². The van der Waals surface area contributed by atoms with Crippen molar-refractivity contribution in [1.29, 1.82) is 0 Å². The topological polar surface area (TPSA) is 69.1 Å². The largest absolute Gasteiger partial charge is 0.370 e. The van der Waals surface area contributed by atoms with Gasteiger partial charge in [0.1, 0.15) is 0 Å². The molecule has 0 saturated carbocycles. The molecule has 0 heterocycles. The van der Waals surface area contributed by atoms with Gasteiger partial charge in [-0.25, -0.2) is 0 Å². The van der Waals surface area contributed by atoms with Gasteiger partial charge in [-0.1, -0.05) is 30.3 Å². The molecule has 0 fully saturated rings. The zero-order valence-electron chi connectivity index (χ0n) is 10.1. The highest BCUT2D eigenvalue weighted by Crippen LogP contribution is 2.34. The first-order chi connectivity index (χ1) is 8.66. The molecule has 1 aliphatic carbocycles. The monoisotopic (exact) mass is 240 g/mol. The molecule has 1 atom stereocenters. The van der Waals surface area contributed by atoms with Crippen LogP contribution in [0.3, 0.4) is 0 Å². The standard InChI is InChI=1S/C15H16N2O/c16-13(8-14(17)18)11-7-6-10-5-4-9-2-1-3-12(11)15(9)10/h1-3,6-7,13H,4-5,8,16H2,(H2,17,18). The predicted octanol–water partition coefficient (Wildman–Crippen LogP) is 1.81. The lowest BCUT2D eigenvalue weighted by atomic mass is 9.94. The number of amides is 1. The van der Waals surface area contributed by atoms with E-state index < -0.39 is 0 Å². The molecule has 1 amide bonds. The normalized spacial score (nSPS) is 14.9. The van der Waals surface area contributed by atoms with Crippen LogP contribution in [-0.2, 0) is 17.6 Å². The van der Waals surface area contributed by atoms with Gasteiger partial charge in [0.25, 0.3) is 0 Å². The molecule has 0 aromatic heterocycles. The van der Waals surface area contributed by atoms with Crippen molar-refractivity contribution in [3.63, 3.8) is 0 Å². The van der Waals surface area contributed by atoms with Crippen LogP contribution in [0.4, 0.5) is 0 Å². The third-order valence-electron chi connectivity index (χ3n) is 3.73. The van der Waals surface area contributed by atoms with E-state index in [0.717, 1.165) is 18.4 Å². The maximum atomic E-state index is 11.0. The number of carbonyl (C=O) groups excluding carboxylic acids is 1. The second-order valence-corrected chi connectivity index (χ2v) is 4.93. The van der Waals surface area contributed by atoms with Crippen molar-refractivity contribution >= 4 is 16.7 Å². The molecular formula is C15H16N2O. The fraction of sp³-hybridized carbons (Fsp3) is 0.267. The van der Waals surface area contributed by atoms with Crippen LogP contribution in [-0.4, -0.2) is 5.91 Å². The van der Waals surface area contributed by atoms with Gasteiger partial charge in [0.2, 0.25) is 5.91 Å². The van der Waals surface area contributed by atoms with Crippen molar-refractivity contribution in [2.45, 2.75) is 25.3 Å². The van der Waals surface area contributed by atoms with Gasteiger partial charge < -0.3 is 11.5 Å². The number of rotatable bonds is 3. The van der Waals surface area contributed by atoms with E-state index >= 15 is 0 Å². The quantitative estimate of drug-likeness (QED) is 0.859. The van der Waals surface area contributed by atoms with E-state index in [4.69, 9.17) is 11.5 Å². The zero-order chi connectivity index (χ0) is 12.7. The van der Waals surface area contributed by atoms with E-state index in [0.29, 0.717) is 0 Å². The number of hydrogen-bond donors (Lipinski definition) is 2. The average molecular weight is 240 g/mol. The Morgan fingerprint density at radius 2 is 1.89 bits per heavy atom. The molecule has 0 saturated heterocycles. The van der Waals surface area contributed by atoms with E-state index in [1.54, 1.807) is 0 Å². The van der Waals surface area contributed by atoms with Crippen LogP contribution in [0.2, 0.25) is 0 Å². The molecule has 1 aliphatic rings. The summed E-state index contributed by atoms with van der Waals surface area (Å²) in [7, 11) is 0. The van der Waals surface area contributed by atoms with Gasteiger partial charge in [-0.15, -0.1) is 0 Å². The summed E-state index contributed by atoms with van der Waals surface area (Å²) >= 11 is 0. The van der Waals surface area contributed by atoms with Gasteiger partial charge in [-0.3, -0.25) is 4.79 Å². The third kappa shape index (κ3) is 1.68. The number of nitrogens with two attached hydrogens (primary N) is 2. The Balaban J connectivity index is 2.17. The van der Waals surface area contributed by atoms with Crippen molar-refractivity contribution in [3.8, 4) is 0 Å². The maximum Gasteiger partial charge on any atom is 0.219 e. The van der Waals surface area contributed by atoms with Crippen LogP contribution >= 0.6 is 0 Å². The Kier molecular flexibility index (Phi) is 2.56. The molecule has 3 nitrogen and oxygen atoms in total. The fourth-order valence-corrected chi connectivity index (χ4v) is 2.92. The molecule has 18 heavy (non-hydrogen) atoms. The van der Waals surface area contributed by atoms with Gasteiger partial charge in [0.15, 0.2) is 0 Å². The molecule has 4 N–H and O–H groups in total. The van der Waals surface area contributed by atoms with E-state index in [-0.39, 0.29) is 18.4 Å². The van der Waals surface area contributed by atoms with Crippen LogP contribution in [0.1, 0.15) is 29.2 Å². The van der Waals surface area contributed by atoms with E-state index in [2.05, 4.69) is 24.3 Å². The molecule has 3 heteroatoms. The number of primary amides is 1. The summed E-state index contributed by atoms with van der Waals surface area (Å²) in [6.45, 7) is 0. The van der Waals surface area contributed by atoms with Crippen molar-refractivity contribution in [3.05, 3.63) is 47.0 Å². The van der Waals surface area contributed by atoms with Crippen molar-refractivity contribution in [1.82, 2.24) is 0 Å². The summed E-state index contributed by atoms with van der Waals surface area (Å²) in [5.74, 6) is -0.356. The number of benzene rings is 2. The van der Waals surface area contributed by atoms with E-state index in [1.165, 1.54) is 21.9 Å².